The van der Waals surface area contributed by atoms with Crippen LogP contribution in [0.5, 0.6) is 5.75 Å². The lowest BCUT2D eigenvalue weighted by Gasteiger charge is -2.17. The molecule has 3 aliphatic heterocycles. The Balaban J connectivity index is 1.32. The van der Waals surface area contributed by atoms with Crippen LogP contribution in [0.4, 0.5) is 10.5 Å². The molecular weight excluding hydrogens is 394 g/mol. The first-order valence-electron chi connectivity index (χ1n) is 9.76. The highest BCUT2D eigenvalue weighted by molar-refractivity contribution is 7.89. The van der Waals surface area contributed by atoms with Crippen molar-refractivity contribution in [2.45, 2.75) is 23.8 Å². The Hall–Kier alpha value is -2.59. The number of amides is 2. The number of anilines is 1. The molecule has 2 aromatic rings. The number of urea groups is 1. The maximum Gasteiger partial charge on any atom is 0.324 e. The first-order valence-corrected chi connectivity index (χ1v) is 11.2. The number of rotatable bonds is 4. The van der Waals surface area contributed by atoms with E-state index in [1.807, 2.05) is 6.20 Å². The molecule has 29 heavy (non-hydrogen) atoms. The van der Waals surface area contributed by atoms with Gasteiger partial charge in [0.15, 0.2) is 0 Å². The Bertz CT molecular complexity index is 1070. The summed E-state index contributed by atoms with van der Waals surface area (Å²) in [5.41, 5.74) is 1.69. The molecule has 0 aliphatic carbocycles. The van der Waals surface area contributed by atoms with Gasteiger partial charge in [0, 0.05) is 45.8 Å². The van der Waals surface area contributed by atoms with E-state index < -0.39 is 10.0 Å². The average molecular weight is 417 g/mol. The highest BCUT2D eigenvalue weighted by Gasteiger charge is 2.35. The molecule has 0 saturated carbocycles. The van der Waals surface area contributed by atoms with Gasteiger partial charge in [-0.2, -0.15) is 9.40 Å². The second-order valence-electron chi connectivity index (χ2n) is 7.71. The van der Waals surface area contributed by atoms with Gasteiger partial charge in [-0.05, 0) is 30.2 Å². The molecule has 0 radical (unpaired) electrons. The van der Waals surface area contributed by atoms with Crippen molar-refractivity contribution in [2.24, 2.45) is 0 Å². The van der Waals surface area contributed by atoms with Crippen LogP contribution in [0.1, 0.15) is 18.0 Å². The normalized spacial score (nSPS) is 22.4. The third-order valence-electron chi connectivity index (χ3n) is 5.91. The summed E-state index contributed by atoms with van der Waals surface area (Å²) in [7, 11) is -1.79. The summed E-state index contributed by atoms with van der Waals surface area (Å²) in [4.78, 5) is 15.9. The molecule has 2 saturated heterocycles. The number of likely N-dealkylation sites (N-methyl/N-ethyl adjacent to an activating group) is 1. The van der Waals surface area contributed by atoms with Crippen molar-refractivity contribution in [2.75, 3.05) is 44.7 Å². The monoisotopic (exact) mass is 417 g/mol. The summed E-state index contributed by atoms with van der Waals surface area (Å²) in [6.45, 7) is 2.73. The quantitative estimate of drug-likeness (QED) is 0.749. The molecule has 9 nitrogen and oxygen atoms in total. The summed E-state index contributed by atoms with van der Waals surface area (Å²) < 4.78 is 35.0. The number of sulfonamides is 1. The number of benzene rings is 1. The zero-order chi connectivity index (χ0) is 20.2. The van der Waals surface area contributed by atoms with Gasteiger partial charge in [0.1, 0.15) is 5.75 Å². The van der Waals surface area contributed by atoms with Gasteiger partial charge in [-0.15, -0.1) is 0 Å². The van der Waals surface area contributed by atoms with Crippen molar-refractivity contribution >= 4 is 21.7 Å². The van der Waals surface area contributed by atoms with Gasteiger partial charge in [0.25, 0.3) is 0 Å². The third-order valence-corrected chi connectivity index (χ3v) is 7.78. The smallest absolute Gasteiger partial charge is 0.324 e. The van der Waals surface area contributed by atoms with Crippen LogP contribution in [-0.2, 0) is 16.4 Å². The molecule has 0 bridgehead atoms. The van der Waals surface area contributed by atoms with Gasteiger partial charge >= 0.3 is 6.03 Å². The topological polar surface area (TPSA) is 88.0 Å². The van der Waals surface area contributed by atoms with Gasteiger partial charge in [-0.25, -0.2) is 13.2 Å². The largest absolute Gasteiger partial charge is 0.493 e. The van der Waals surface area contributed by atoms with Crippen LogP contribution in [0.15, 0.2) is 35.5 Å². The van der Waals surface area contributed by atoms with Crippen LogP contribution in [-0.4, -0.2) is 73.3 Å². The number of aromatic nitrogens is 2. The Labute approximate surface area is 169 Å². The lowest BCUT2D eigenvalue weighted by atomic mass is 10.2. The van der Waals surface area contributed by atoms with Crippen molar-refractivity contribution in [1.29, 1.82) is 0 Å². The molecule has 1 unspecified atom stereocenters. The zero-order valence-electron chi connectivity index (χ0n) is 16.2. The lowest BCUT2D eigenvalue weighted by Crippen LogP contribution is -2.29. The van der Waals surface area contributed by atoms with Crippen LogP contribution in [0, 0.1) is 0 Å². The predicted molar refractivity (Wildman–Crippen MR) is 106 cm³/mol. The molecule has 0 N–H and O–H groups in total. The van der Waals surface area contributed by atoms with Gasteiger partial charge in [0.05, 0.1) is 29.4 Å². The number of ether oxygens (including phenoxy) is 1. The van der Waals surface area contributed by atoms with Crippen LogP contribution in [0.3, 0.4) is 0 Å². The summed E-state index contributed by atoms with van der Waals surface area (Å²) in [5, 5.41) is 4.40. The van der Waals surface area contributed by atoms with Crippen molar-refractivity contribution < 1.29 is 17.9 Å². The molecule has 1 aromatic carbocycles. The molecule has 4 heterocycles. The first-order chi connectivity index (χ1) is 13.9. The van der Waals surface area contributed by atoms with Crippen LogP contribution in [0.25, 0.3) is 0 Å². The Morgan fingerprint density at radius 2 is 2.07 bits per heavy atom. The number of carbonyl (C=O) groups is 1. The minimum atomic E-state index is -3.56. The lowest BCUT2D eigenvalue weighted by molar-refractivity contribution is 0.229. The predicted octanol–water partition coefficient (Wildman–Crippen LogP) is 1.33. The third kappa shape index (κ3) is 3.06. The Morgan fingerprint density at radius 1 is 1.21 bits per heavy atom. The van der Waals surface area contributed by atoms with E-state index in [4.69, 9.17) is 4.74 Å². The van der Waals surface area contributed by atoms with Crippen molar-refractivity contribution in [3.05, 3.63) is 36.2 Å². The Morgan fingerprint density at radius 3 is 2.86 bits per heavy atom. The fraction of sp³-hybridized carbons (Fsp3) is 0.474. The van der Waals surface area contributed by atoms with Crippen LogP contribution in [0.2, 0.25) is 0 Å². The van der Waals surface area contributed by atoms with E-state index in [1.165, 1.54) is 4.31 Å². The summed E-state index contributed by atoms with van der Waals surface area (Å²) in [5.74, 6) is 0.773. The molecule has 10 heteroatoms. The summed E-state index contributed by atoms with van der Waals surface area (Å²) in [6, 6.07) is 5.00. The molecule has 2 amide bonds. The molecule has 0 spiro atoms. The van der Waals surface area contributed by atoms with Gasteiger partial charge in [0.2, 0.25) is 10.0 Å². The van der Waals surface area contributed by atoms with Gasteiger partial charge < -0.3 is 9.64 Å². The van der Waals surface area contributed by atoms with E-state index in [0.29, 0.717) is 44.1 Å². The van der Waals surface area contributed by atoms with Crippen molar-refractivity contribution in [3.8, 4) is 5.75 Å². The minimum absolute atomic E-state index is 0.0410. The highest BCUT2D eigenvalue weighted by atomic mass is 32.2. The SMILES string of the molecule is CN1CCN(c2cnn(C3CCN(S(=O)(=O)c4ccc5c(c4)CCO5)C3)c2)C1=O. The molecule has 1 atom stereocenters. The minimum Gasteiger partial charge on any atom is -0.493 e. The van der Waals surface area contributed by atoms with Crippen LogP contribution >= 0.6 is 0 Å². The second-order valence-corrected chi connectivity index (χ2v) is 9.65. The number of nitrogens with zero attached hydrogens (tertiary/aromatic N) is 5. The molecule has 2 fully saturated rings. The number of carbonyl (C=O) groups excluding carboxylic acids is 1. The van der Waals surface area contributed by atoms with E-state index in [1.54, 1.807) is 45.9 Å². The average Bonchev–Trinajstić information content (AvgIpc) is 3.49. The van der Waals surface area contributed by atoms with Crippen molar-refractivity contribution in [1.82, 2.24) is 19.0 Å². The zero-order valence-corrected chi connectivity index (χ0v) is 17.0. The summed E-state index contributed by atoms with van der Waals surface area (Å²) >= 11 is 0. The number of hydrogen-bond acceptors (Lipinski definition) is 5. The maximum atomic E-state index is 13.1. The van der Waals surface area contributed by atoms with Crippen molar-refractivity contribution in [3.63, 3.8) is 0 Å². The molecule has 5 rings (SSSR count). The summed E-state index contributed by atoms with van der Waals surface area (Å²) in [6.07, 6.45) is 4.93. The van der Waals surface area contributed by atoms with Crippen LogP contribution < -0.4 is 9.64 Å². The van der Waals surface area contributed by atoms with E-state index in [-0.39, 0.29) is 12.1 Å². The van der Waals surface area contributed by atoms with E-state index in [9.17, 15) is 13.2 Å². The molecule has 154 valence electrons. The highest BCUT2D eigenvalue weighted by Crippen LogP contribution is 2.32. The number of hydrogen-bond donors (Lipinski definition) is 0. The van der Waals surface area contributed by atoms with Gasteiger partial charge in [-0.1, -0.05) is 0 Å². The second kappa shape index (κ2) is 6.74. The molecular formula is C19H23N5O4S. The molecule has 3 aliphatic rings. The van der Waals surface area contributed by atoms with Gasteiger partial charge in [-0.3, -0.25) is 9.58 Å². The molecule has 1 aromatic heterocycles. The fourth-order valence-corrected chi connectivity index (χ4v) is 5.71. The maximum absolute atomic E-state index is 13.1. The van der Waals surface area contributed by atoms with E-state index >= 15 is 0 Å². The first kappa shape index (κ1) is 18.4. The number of fused-ring (bicyclic) bond motifs is 1. The Kier molecular flexibility index (Phi) is 4.28. The fourth-order valence-electron chi connectivity index (χ4n) is 4.17. The standard InChI is InChI=1S/C19H23N5O4S/c1-21-7-8-23(19(21)25)16-11-20-24(13-16)15-4-6-22(12-15)29(26,27)17-2-3-18-14(10-17)5-9-28-18/h2-3,10-11,13,15H,4-9,12H2,1H3. The van der Waals surface area contributed by atoms with E-state index in [0.717, 1.165) is 23.4 Å². The van der Waals surface area contributed by atoms with E-state index in [2.05, 4.69) is 5.10 Å².